The summed E-state index contributed by atoms with van der Waals surface area (Å²) in [5, 5.41) is 4.28. The van der Waals surface area contributed by atoms with Gasteiger partial charge in [-0.2, -0.15) is 11.8 Å². The summed E-state index contributed by atoms with van der Waals surface area (Å²) in [7, 11) is 0. The van der Waals surface area contributed by atoms with E-state index < -0.39 is 0 Å². The van der Waals surface area contributed by atoms with Gasteiger partial charge in [0.05, 0.1) is 0 Å². The fourth-order valence-corrected chi connectivity index (χ4v) is 1.55. The third-order valence-electron chi connectivity index (χ3n) is 1.56. The fraction of sp³-hybridized carbons (Fsp3) is 1.00. The van der Waals surface area contributed by atoms with Crippen molar-refractivity contribution in [2.45, 2.75) is 38.0 Å². The van der Waals surface area contributed by atoms with Crippen molar-refractivity contribution in [1.29, 1.82) is 0 Å². The molecule has 1 aliphatic rings. The monoisotopic (exact) mass is 159 g/mol. The molecule has 1 fully saturated rings. The molecule has 0 spiro atoms. The number of nitrogens with one attached hydrogen (secondary N) is 1. The van der Waals surface area contributed by atoms with E-state index in [0.717, 1.165) is 11.3 Å². The molecule has 0 aliphatic heterocycles. The molecular weight excluding hydrogens is 142 g/mol. The molecule has 0 aromatic carbocycles. The van der Waals surface area contributed by atoms with E-state index in [0.29, 0.717) is 0 Å². The average Bonchev–Trinajstić information content (AvgIpc) is 2.62. The van der Waals surface area contributed by atoms with Gasteiger partial charge in [-0.3, -0.25) is 0 Å². The van der Waals surface area contributed by atoms with Gasteiger partial charge in [0.15, 0.2) is 0 Å². The van der Waals surface area contributed by atoms with Crippen LogP contribution in [-0.2, 0) is 0 Å². The Labute approximate surface area is 68.0 Å². The largest absolute Gasteiger partial charge is 0.313 e. The third-order valence-corrected chi connectivity index (χ3v) is 2.67. The van der Waals surface area contributed by atoms with Gasteiger partial charge in [-0.05, 0) is 18.1 Å². The van der Waals surface area contributed by atoms with Crippen molar-refractivity contribution in [3.8, 4) is 0 Å². The molecule has 1 nitrogen and oxygen atoms in total. The fourth-order valence-electron chi connectivity index (χ4n) is 0.845. The van der Waals surface area contributed by atoms with Crippen molar-refractivity contribution < 1.29 is 0 Å². The molecular formula is C8H17NS. The number of thioether (sulfide) groups is 1. The van der Waals surface area contributed by atoms with Crippen molar-refractivity contribution in [1.82, 2.24) is 5.32 Å². The molecule has 0 aromatic rings. The Morgan fingerprint density at radius 2 is 2.20 bits per heavy atom. The van der Waals surface area contributed by atoms with Crippen LogP contribution in [-0.4, -0.2) is 23.6 Å². The van der Waals surface area contributed by atoms with Gasteiger partial charge in [0, 0.05) is 18.3 Å². The van der Waals surface area contributed by atoms with Crippen molar-refractivity contribution in [3.05, 3.63) is 0 Å². The van der Waals surface area contributed by atoms with Crippen LogP contribution >= 0.6 is 11.8 Å². The Morgan fingerprint density at radius 1 is 1.50 bits per heavy atom. The summed E-state index contributed by atoms with van der Waals surface area (Å²) < 4.78 is 0. The second kappa shape index (κ2) is 4.24. The molecule has 0 unspecified atom stereocenters. The number of hydrogen-bond acceptors (Lipinski definition) is 2. The molecule has 2 heteroatoms. The molecule has 0 amide bonds. The first kappa shape index (κ1) is 8.41. The van der Waals surface area contributed by atoms with Gasteiger partial charge in [-0.1, -0.05) is 13.8 Å². The summed E-state index contributed by atoms with van der Waals surface area (Å²) >= 11 is 2.04. The second-order valence-electron chi connectivity index (χ2n) is 3.15. The zero-order chi connectivity index (χ0) is 7.40. The molecule has 1 rings (SSSR count). The van der Waals surface area contributed by atoms with Crippen LogP contribution in [0.25, 0.3) is 0 Å². The van der Waals surface area contributed by atoms with Crippen LogP contribution in [0.3, 0.4) is 0 Å². The highest BCUT2D eigenvalue weighted by Crippen LogP contribution is 2.18. The van der Waals surface area contributed by atoms with Gasteiger partial charge in [-0.15, -0.1) is 0 Å². The maximum absolute atomic E-state index is 3.49. The standard InChI is InChI=1S/C8H17NS/c1-7(2)10-6-5-9-8-3-4-8/h7-9H,3-6H2,1-2H3. The van der Waals surface area contributed by atoms with Crippen molar-refractivity contribution in [2.24, 2.45) is 0 Å². The highest BCUT2D eigenvalue weighted by molar-refractivity contribution is 7.99. The van der Waals surface area contributed by atoms with Crippen LogP contribution in [0.2, 0.25) is 0 Å². The molecule has 0 heterocycles. The van der Waals surface area contributed by atoms with E-state index in [1.54, 1.807) is 0 Å². The average molecular weight is 159 g/mol. The summed E-state index contributed by atoms with van der Waals surface area (Å²) in [6, 6.07) is 0.882. The Hall–Kier alpha value is 0.310. The highest BCUT2D eigenvalue weighted by atomic mass is 32.2. The van der Waals surface area contributed by atoms with Gasteiger partial charge in [0.1, 0.15) is 0 Å². The minimum Gasteiger partial charge on any atom is -0.313 e. The Bertz CT molecular complexity index is 85.3. The Morgan fingerprint density at radius 3 is 2.70 bits per heavy atom. The lowest BCUT2D eigenvalue weighted by molar-refractivity contribution is 0.725. The second-order valence-corrected chi connectivity index (χ2v) is 4.83. The smallest absolute Gasteiger partial charge is 0.00685 e. The number of rotatable bonds is 5. The quantitative estimate of drug-likeness (QED) is 0.615. The predicted octanol–water partition coefficient (Wildman–Crippen LogP) is 1.88. The van der Waals surface area contributed by atoms with Gasteiger partial charge >= 0.3 is 0 Å². The molecule has 1 aliphatic carbocycles. The van der Waals surface area contributed by atoms with Crippen LogP contribution in [0.1, 0.15) is 26.7 Å². The van der Waals surface area contributed by atoms with Crippen LogP contribution in [0.4, 0.5) is 0 Å². The van der Waals surface area contributed by atoms with Gasteiger partial charge in [-0.25, -0.2) is 0 Å². The third kappa shape index (κ3) is 4.18. The Kier molecular flexibility index (Phi) is 3.57. The molecule has 60 valence electrons. The van der Waals surface area contributed by atoms with E-state index >= 15 is 0 Å². The van der Waals surface area contributed by atoms with Crippen LogP contribution in [0.5, 0.6) is 0 Å². The highest BCUT2D eigenvalue weighted by Gasteiger charge is 2.19. The zero-order valence-electron chi connectivity index (χ0n) is 6.89. The first-order valence-corrected chi connectivity index (χ1v) is 5.19. The maximum atomic E-state index is 3.49. The SMILES string of the molecule is CC(C)SCCNC1CC1. The van der Waals surface area contributed by atoms with E-state index in [1.807, 2.05) is 11.8 Å². The molecule has 10 heavy (non-hydrogen) atoms. The van der Waals surface area contributed by atoms with Gasteiger partial charge < -0.3 is 5.32 Å². The Balaban J connectivity index is 1.76. The number of hydrogen-bond donors (Lipinski definition) is 1. The van der Waals surface area contributed by atoms with Gasteiger partial charge in [0.25, 0.3) is 0 Å². The summed E-state index contributed by atoms with van der Waals surface area (Å²) in [5.41, 5.74) is 0. The summed E-state index contributed by atoms with van der Waals surface area (Å²) in [6.45, 7) is 5.71. The van der Waals surface area contributed by atoms with Gasteiger partial charge in [0.2, 0.25) is 0 Å². The summed E-state index contributed by atoms with van der Waals surface area (Å²) in [5.74, 6) is 1.27. The van der Waals surface area contributed by atoms with E-state index in [-0.39, 0.29) is 0 Å². The molecule has 1 N–H and O–H groups in total. The molecule has 0 atom stereocenters. The molecule has 1 saturated carbocycles. The van der Waals surface area contributed by atoms with Crippen molar-refractivity contribution in [2.75, 3.05) is 12.3 Å². The minimum atomic E-state index is 0.793. The van der Waals surface area contributed by atoms with E-state index in [1.165, 1.54) is 25.1 Å². The van der Waals surface area contributed by atoms with E-state index in [2.05, 4.69) is 19.2 Å². The molecule has 0 saturated heterocycles. The van der Waals surface area contributed by atoms with Crippen LogP contribution in [0, 0.1) is 0 Å². The first-order valence-electron chi connectivity index (χ1n) is 4.14. The molecule has 0 bridgehead atoms. The van der Waals surface area contributed by atoms with E-state index in [4.69, 9.17) is 0 Å². The van der Waals surface area contributed by atoms with E-state index in [9.17, 15) is 0 Å². The summed E-state index contributed by atoms with van der Waals surface area (Å²) in [6.07, 6.45) is 2.82. The summed E-state index contributed by atoms with van der Waals surface area (Å²) in [4.78, 5) is 0. The maximum Gasteiger partial charge on any atom is 0.00685 e. The van der Waals surface area contributed by atoms with Crippen molar-refractivity contribution >= 4 is 11.8 Å². The first-order chi connectivity index (χ1) is 4.79. The molecule has 0 radical (unpaired) electrons. The van der Waals surface area contributed by atoms with Crippen molar-refractivity contribution in [3.63, 3.8) is 0 Å². The lowest BCUT2D eigenvalue weighted by atomic mass is 10.6. The van der Waals surface area contributed by atoms with Crippen LogP contribution in [0.15, 0.2) is 0 Å². The minimum absolute atomic E-state index is 0.793. The lowest BCUT2D eigenvalue weighted by Crippen LogP contribution is -2.19. The topological polar surface area (TPSA) is 12.0 Å². The normalized spacial score (nSPS) is 18.3. The zero-order valence-corrected chi connectivity index (χ0v) is 7.71. The van der Waals surface area contributed by atoms with Crippen LogP contribution < -0.4 is 5.32 Å². The molecule has 0 aromatic heterocycles. The predicted molar refractivity (Wildman–Crippen MR) is 48.6 cm³/mol. The lowest BCUT2D eigenvalue weighted by Gasteiger charge is -2.04.